The number of rotatable bonds is 5. The van der Waals surface area contributed by atoms with Crippen LogP contribution in [-0.2, 0) is 10.0 Å². The molecule has 0 radical (unpaired) electrons. The Morgan fingerprint density at radius 1 is 1.33 bits per heavy atom. The third kappa shape index (κ3) is 3.35. The van der Waals surface area contributed by atoms with E-state index in [0.717, 1.165) is 0 Å². The highest BCUT2D eigenvalue weighted by Crippen LogP contribution is 2.29. The molecule has 1 heterocycles. The SMILES string of the molecule is COc1cc(NS(=O)(=O)c2ncccc2NN)ccc1Cl. The van der Waals surface area contributed by atoms with Crippen LogP contribution in [0.1, 0.15) is 0 Å². The van der Waals surface area contributed by atoms with E-state index in [2.05, 4.69) is 15.1 Å². The smallest absolute Gasteiger partial charge is 0.281 e. The minimum atomic E-state index is -3.90. The van der Waals surface area contributed by atoms with Crippen molar-refractivity contribution in [3.63, 3.8) is 0 Å². The zero-order valence-corrected chi connectivity index (χ0v) is 12.6. The molecular weight excluding hydrogens is 316 g/mol. The van der Waals surface area contributed by atoms with E-state index in [1.807, 2.05) is 0 Å². The number of pyridine rings is 1. The number of nitrogen functional groups attached to an aromatic ring is 1. The molecule has 0 bridgehead atoms. The molecular formula is C12H13ClN4O3S. The van der Waals surface area contributed by atoms with E-state index in [-0.39, 0.29) is 10.7 Å². The van der Waals surface area contributed by atoms with Crippen LogP contribution in [0.25, 0.3) is 0 Å². The van der Waals surface area contributed by atoms with Gasteiger partial charge in [0.15, 0.2) is 0 Å². The molecule has 0 saturated heterocycles. The highest BCUT2D eigenvalue weighted by atomic mass is 35.5. The van der Waals surface area contributed by atoms with Crippen LogP contribution in [-0.4, -0.2) is 20.5 Å². The number of hydrogen-bond acceptors (Lipinski definition) is 6. The number of benzene rings is 1. The van der Waals surface area contributed by atoms with Crippen LogP contribution in [0.15, 0.2) is 41.6 Å². The van der Waals surface area contributed by atoms with Crippen LogP contribution in [0.3, 0.4) is 0 Å². The lowest BCUT2D eigenvalue weighted by Crippen LogP contribution is -2.18. The third-order valence-electron chi connectivity index (χ3n) is 2.58. The Morgan fingerprint density at radius 3 is 2.76 bits per heavy atom. The Balaban J connectivity index is 2.37. The molecule has 0 unspecified atom stereocenters. The lowest BCUT2D eigenvalue weighted by Gasteiger charge is -2.12. The van der Waals surface area contributed by atoms with Crippen molar-refractivity contribution < 1.29 is 13.2 Å². The van der Waals surface area contributed by atoms with Crippen molar-refractivity contribution in [2.24, 2.45) is 5.84 Å². The number of nitrogens with zero attached hydrogens (tertiary/aromatic N) is 1. The zero-order chi connectivity index (χ0) is 15.5. The number of hydrogen-bond donors (Lipinski definition) is 3. The summed E-state index contributed by atoms with van der Waals surface area (Å²) in [6, 6.07) is 7.58. The fraction of sp³-hybridized carbons (Fsp3) is 0.0833. The van der Waals surface area contributed by atoms with Gasteiger partial charge in [-0.15, -0.1) is 0 Å². The van der Waals surface area contributed by atoms with Crippen LogP contribution in [0.5, 0.6) is 5.75 Å². The number of nitrogens with one attached hydrogen (secondary N) is 2. The van der Waals surface area contributed by atoms with Crippen molar-refractivity contribution >= 4 is 33.0 Å². The van der Waals surface area contributed by atoms with Crippen molar-refractivity contribution in [2.45, 2.75) is 5.03 Å². The van der Waals surface area contributed by atoms with Gasteiger partial charge in [0.25, 0.3) is 10.0 Å². The van der Waals surface area contributed by atoms with Gasteiger partial charge >= 0.3 is 0 Å². The average molecular weight is 329 g/mol. The molecule has 0 aliphatic rings. The molecule has 0 saturated carbocycles. The topological polar surface area (TPSA) is 106 Å². The van der Waals surface area contributed by atoms with E-state index in [4.69, 9.17) is 22.2 Å². The Bertz CT molecular complexity index is 752. The summed E-state index contributed by atoms with van der Waals surface area (Å²) >= 11 is 5.89. The third-order valence-corrected chi connectivity index (χ3v) is 4.24. The maximum atomic E-state index is 12.3. The van der Waals surface area contributed by atoms with Crippen LogP contribution in [0, 0.1) is 0 Å². The van der Waals surface area contributed by atoms with Crippen LogP contribution < -0.4 is 20.7 Å². The minimum absolute atomic E-state index is 0.186. The highest BCUT2D eigenvalue weighted by molar-refractivity contribution is 7.92. The molecule has 7 nitrogen and oxygen atoms in total. The number of hydrazine groups is 1. The number of anilines is 2. The summed E-state index contributed by atoms with van der Waals surface area (Å²) in [6.45, 7) is 0. The lowest BCUT2D eigenvalue weighted by atomic mass is 10.3. The quantitative estimate of drug-likeness (QED) is 0.571. The molecule has 0 aliphatic carbocycles. The van der Waals surface area contributed by atoms with E-state index < -0.39 is 10.0 Å². The predicted octanol–water partition coefficient (Wildman–Crippen LogP) is 1.83. The summed E-state index contributed by atoms with van der Waals surface area (Å²) in [5.74, 6) is 5.64. The first kappa shape index (κ1) is 15.4. The Kier molecular flexibility index (Phi) is 4.51. The molecule has 2 aromatic rings. The second-order valence-corrected chi connectivity index (χ2v) is 5.96. The average Bonchev–Trinajstić information content (AvgIpc) is 2.49. The monoisotopic (exact) mass is 328 g/mol. The molecule has 112 valence electrons. The second kappa shape index (κ2) is 6.17. The summed E-state index contributed by atoms with van der Waals surface area (Å²) in [4.78, 5) is 3.83. The number of halogens is 1. The summed E-state index contributed by atoms with van der Waals surface area (Å²) in [7, 11) is -2.46. The predicted molar refractivity (Wildman–Crippen MR) is 80.9 cm³/mol. The number of nitrogens with two attached hydrogens (primary N) is 1. The molecule has 1 aromatic heterocycles. The largest absolute Gasteiger partial charge is 0.495 e. The molecule has 0 amide bonds. The zero-order valence-electron chi connectivity index (χ0n) is 11.0. The number of sulfonamides is 1. The molecule has 0 aliphatic heterocycles. The van der Waals surface area contributed by atoms with Gasteiger partial charge < -0.3 is 10.2 Å². The molecule has 2 rings (SSSR count). The first-order chi connectivity index (χ1) is 9.97. The normalized spacial score (nSPS) is 11.0. The van der Waals surface area contributed by atoms with Gasteiger partial charge in [-0.1, -0.05) is 11.6 Å². The van der Waals surface area contributed by atoms with Crippen molar-refractivity contribution in [3.8, 4) is 5.75 Å². The molecule has 1 aromatic carbocycles. The molecule has 0 atom stereocenters. The Labute approximate surface area is 127 Å². The molecule has 0 spiro atoms. The second-order valence-electron chi connectivity index (χ2n) is 3.96. The van der Waals surface area contributed by atoms with E-state index >= 15 is 0 Å². The van der Waals surface area contributed by atoms with Gasteiger partial charge in [-0.25, -0.2) is 4.98 Å². The molecule has 21 heavy (non-hydrogen) atoms. The molecule has 9 heteroatoms. The lowest BCUT2D eigenvalue weighted by molar-refractivity contribution is 0.415. The Hall–Kier alpha value is -2.03. The van der Waals surface area contributed by atoms with E-state index in [1.165, 1.54) is 37.6 Å². The maximum absolute atomic E-state index is 12.3. The number of aromatic nitrogens is 1. The van der Waals surface area contributed by atoms with E-state index in [0.29, 0.717) is 16.5 Å². The first-order valence-electron chi connectivity index (χ1n) is 5.76. The summed E-state index contributed by atoms with van der Waals surface area (Å²) in [6.07, 6.45) is 1.36. The summed E-state index contributed by atoms with van der Waals surface area (Å²) < 4.78 is 32.1. The van der Waals surface area contributed by atoms with Gasteiger partial charge in [-0.3, -0.25) is 10.6 Å². The maximum Gasteiger partial charge on any atom is 0.281 e. The fourth-order valence-electron chi connectivity index (χ4n) is 1.64. The summed E-state index contributed by atoms with van der Waals surface area (Å²) in [5, 5.41) is 0.170. The minimum Gasteiger partial charge on any atom is -0.495 e. The number of methoxy groups -OCH3 is 1. The summed E-state index contributed by atoms with van der Waals surface area (Å²) in [5.41, 5.74) is 2.77. The van der Waals surface area contributed by atoms with Crippen molar-refractivity contribution in [2.75, 3.05) is 17.3 Å². The van der Waals surface area contributed by atoms with Gasteiger partial charge in [0.2, 0.25) is 5.03 Å². The van der Waals surface area contributed by atoms with Crippen molar-refractivity contribution in [3.05, 3.63) is 41.6 Å². The fourth-order valence-corrected chi connectivity index (χ4v) is 2.99. The number of ether oxygens (including phenoxy) is 1. The van der Waals surface area contributed by atoms with Crippen LogP contribution >= 0.6 is 11.6 Å². The van der Waals surface area contributed by atoms with Gasteiger partial charge in [0, 0.05) is 12.3 Å². The molecule has 4 N–H and O–H groups in total. The Morgan fingerprint density at radius 2 is 2.10 bits per heavy atom. The van der Waals surface area contributed by atoms with Gasteiger partial charge in [0.05, 0.1) is 23.5 Å². The molecule has 0 fully saturated rings. The van der Waals surface area contributed by atoms with E-state index in [9.17, 15) is 8.42 Å². The highest BCUT2D eigenvalue weighted by Gasteiger charge is 2.20. The van der Waals surface area contributed by atoms with Gasteiger partial charge in [0.1, 0.15) is 5.75 Å². The van der Waals surface area contributed by atoms with E-state index in [1.54, 1.807) is 6.07 Å². The first-order valence-corrected chi connectivity index (χ1v) is 7.62. The van der Waals surface area contributed by atoms with Crippen LogP contribution in [0.2, 0.25) is 5.02 Å². The van der Waals surface area contributed by atoms with Crippen molar-refractivity contribution in [1.82, 2.24) is 4.98 Å². The van der Waals surface area contributed by atoms with Crippen LogP contribution in [0.4, 0.5) is 11.4 Å². The van der Waals surface area contributed by atoms with Gasteiger partial charge in [-0.2, -0.15) is 8.42 Å². The van der Waals surface area contributed by atoms with Gasteiger partial charge in [-0.05, 0) is 24.3 Å². The standard InChI is InChI=1S/C12H13ClN4O3S/c1-20-11-7-8(4-5-9(11)13)17-21(18,19)12-10(16-14)3-2-6-15-12/h2-7,16-17H,14H2,1H3. The van der Waals surface area contributed by atoms with Crippen molar-refractivity contribution in [1.29, 1.82) is 0 Å².